The topological polar surface area (TPSA) is 67.9 Å². The minimum Gasteiger partial charge on any atom is -0.497 e. The van der Waals surface area contributed by atoms with Gasteiger partial charge in [-0.1, -0.05) is 37.3 Å². The molecule has 0 aliphatic heterocycles. The van der Waals surface area contributed by atoms with Crippen LogP contribution in [-0.4, -0.2) is 42.5 Å². The van der Waals surface area contributed by atoms with Gasteiger partial charge in [0.1, 0.15) is 17.5 Å². The Labute approximate surface area is 185 Å². The number of ether oxygens (including phenoxy) is 2. The van der Waals surface area contributed by atoms with E-state index in [-0.39, 0.29) is 17.9 Å². The van der Waals surface area contributed by atoms with E-state index < -0.39 is 6.04 Å². The van der Waals surface area contributed by atoms with Crippen LogP contribution < -0.4 is 14.8 Å². The molecule has 2 aromatic rings. The molecule has 1 N–H and O–H groups in total. The van der Waals surface area contributed by atoms with Gasteiger partial charge in [0.25, 0.3) is 0 Å². The molecule has 1 unspecified atom stereocenters. The van der Waals surface area contributed by atoms with Crippen molar-refractivity contribution in [3.63, 3.8) is 0 Å². The van der Waals surface area contributed by atoms with E-state index in [1.165, 1.54) is 0 Å². The van der Waals surface area contributed by atoms with Crippen LogP contribution in [0, 0.1) is 0 Å². The summed E-state index contributed by atoms with van der Waals surface area (Å²) < 4.78 is 10.9. The van der Waals surface area contributed by atoms with Crippen molar-refractivity contribution in [3.8, 4) is 11.5 Å². The zero-order chi connectivity index (χ0) is 22.6. The fourth-order valence-corrected chi connectivity index (χ4v) is 3.31. The second-order valence-electron chi connectivity index (χ2n) is 7.72. The summed E-state index contributed by atoms with van der Waals surface area (Å²) in [6.07, 6.45) is 1.44. The lowest BCUT2D eigenvalue weighted by atomic mass is 10.1. The van der Waals surface area contributed by atoms with Crippen molar-refractivity contribution in [1.29, 1.82) is 0 Å². The van der Waals surface area contributed by atoms with Crippen molar-refractivity contribution < 1.29 is 19.1 Å². The van der Waals surface area contributed by atoms with Crippen LogP contribution in [-0.2, 0) is 16.1 Å². The maximum absolute atomic E-state index is 13.1. The molecule has 0 aliphatic rings. The van der Waals surface area contributed by atoms with E-state index in [2.05, 4.69) is 5.32 Å². The number of methoxy groups -OCH3 is 1. The van der Waals surface area contributed by atoms with E-state index in [4.69, 9.17) is 9.47 Å². The fraction of sp³-hybridized carbons (Fsp3) is 0.440. The van der Waals surface area contributed by atoms with Gasteiger partial charge in [0, 0.05) is 19.0 Å². The zero-order valence-electron chi connectivity index (χ0n) is 19.0. The third kappa shape index (κ3) is 7.96. The summed E-state index contributed by atoms with van der Waals surface area (Å²) >= 11 is 0. The van der Waals surface area contributed by atoms with E-state index in [1.807, 2.05) is 75.4 Å². The van der Waals surface area contributed by atoms with Gasteiger partial charge >= 0.3 is 0 Å². The molecular weight excluding hydrogens is 392 g/mol. The Balaban J connectivity index is 1.99. The van der Waals surface area contributed by atoms with E-state index in [0.717, 1.165) is 17.1 Å². The minimum atomic E-state index is -0.502. The first-order chi connectivity index (χ1) is 14.9. The summed E-state index contributed by atoms with van der Waals surface area (Å²) in [6, 6.07) is 16.6. The van der Waals surface area contributed by atoms with Gasteiger partial charge in [0.05, 0.1) is 13.7 Å². The third-order valence-electron chi connectivity index (χ3n) is 4.88. The molecule has 0 heterocycles. The Bertz CT molecular complexity index is 806. The van der Waals surface area contributed by atoms with Gasteiger partial charge in [-0.3, -0.25) is 9.59 Å². The standard InChI is InChI=1S/C25H34N2O4/c1-5-23(25(29)26-19(2)3)27(18-20-10-7-6-8-11-20)24(28)12-9-17-31-22-15-13-21(30-4)14-16-22/h6-8,10-11,13-16,19,23H,5,9,12,17-18H2,1-4H3,(H,26,29). The summed E-state index contributed by atoms with van der Waals surface area (Å²) in [5.74, 6) is 1.34. The summed E-state index contributed by atoms with van der Waals surface area (Å²) in [7, 11) is 1.62. The molecule has 0 radical (unpaired) electrons. The monoisotopic (exact) mass is 426 g/mol. The summed E-state index contributed by atoms with van der Waals surface area (Å²) in [6.45, 7) is 6.60. The molecular formula is C25H34N2O4. The second kappa shape index (κ2) is 12.6. The van der Waals surface area contributed by atoms with Gasteiger partial charge in [0.15, 0.2) is 0 Å². The van der Waals surface area contributed by atoms with Gasteiger partial charge in [-0.2, -0.15) is 0 Å². The predicted octanol–water partition coefficient (Wildman–Crippen LogP) is 4.19. The van der Waals surface area contributed by atoms with Crippen molar-refractivity contribution in [2.45, 2.75) is 58.7 Å². The van der Waals surface area contributed by atoms with Crippen LogP contribution in [0.25, 0.3) is 0 Å². The summed E-state index contributed by atoms with van der Waals surface area (Å²) in [5, 5.41) is 2.95. The molecule has 0 fully saturated rings. The molecule has 0 saturated carbocycles. The number of benzene rings is 2. The van der Waals surface area contributed by atoms with E-state index in [9.17, 15) is 9.59 Å². The Morgan fingerprint density at radius 1 is 1.00 bits per heavy atom. The quantitative estimate of drug-likeness (QED) is 0.517. The van der Waals surface area contributed by atoms with Crippen molar-refractivity contribution >= 4 is 11.8 Å². The zero-order valence-corrected chi connectivity index (χ0v) is 19.0. The number of rotatable bonds is 12. The number of hydrogen-bond donors (Lipinski definition) is 1. The first kappa shape index (κ1) is 24.3. The summed E-state index contributed by atoms with van der Waals surface area (Å²) in [5.41, 5.74) is 1.00. The molecule has 0 aromatic heterocycles. The molecule has 168 valence electrons. The largest absolute Gasteiger partial charge is 0.497 e. The van der Waals surface area contributed by atoms with Gasteiger partial charge in [-0.05, 0) is 56.5 Å². The molecule has 0 bridgehead atoms. The predicted molar refractivity (Wildman–Crippen MR) is 122 cm³/mol. The molecule has 2 amide bonds. The highest BCUT2D eigenvalue weighted by atomic mass is 16.5. The Morgan fingerprint density at radius 3 is 2.23 bits per heavy atom. The maximum Gasteiger partial charge on any atom is 0.243 e. The fourth-order valence-electron chi connectivity index (χ4n) is 3.31. The number of hydrogen-bond acceptors (Lipinski definition) is 4. The van der Waals surface area contributed by atoms with E-state index in [1.54, 1.807) is 12.0 Å². The smallest absolute Gasteiger partial charge is 0.243 e. The molecule has 31 heavy (non-hydrogen) atoms. The van der Waals surface area contributed by atoms with Crippen LogP contribution in [0.5, 0.6) is 11.5 Å². The molecule has 1 atom stereocenters. The Kier molecular flexibility index (Phi) is 9.88. The third-order valence-corrected chi connectivity index (χ3v) is 4.88. The molecule has 0 spiro atoms. The van der Waals surface area contributed by atoms with Gasteiger partial charge < -0.3 is 19.7 Å². The molecule has 0 saturated heterocycles. The lowest BCUT2D eigenvalue weighted by Crippen LogP contribution is -2.50. The molecule has 6 nitrogen and oxygen atoms in total. The number of nitrogens with zero attached hydrogens (tertiary/aromatic N) is 1. The van der Waals surface area contributed by atoms with Crippen LogP contribution >= 0.6 is 0 Å². The molecule has 6 heteroatoms. The van der Waals surface area contributed by atoms with Gasteiger partial charge in [0.2, 0.25) is 11.8 Å². The molecule has 0 aliphatic carbocycles. The first-order valence-electron chi connectivity index (χ1n) is 10.8. The normalized spacial score (nSPS) is 11.6. The van der Waals surface area contributed by atoms with E-state index >= 15 is 0 Å². The molecule has 2 aromatic carbocycles. The number of amides is 2. The van der Waals surface area contributed by atoms with Crippen molar-refractivity contribution in [3.05, 3.63) is 60.2 Å². The minimum absolute atomic E-state index is 0.0214. The van der Waals surface area contributed by atoms with Crippen LogP contribution in [0.4, 0.5) is 0 Å². The number of carbonyl (C=O) groups excluding carboxylic acids is 2. The Morgan fingerprint density at radius 2 is 1.65 bits per heavy atom. The second-order valence-corrected chi connectivity index (χ2v) is 7.72. The SMILES string of the molecule is CCC(C(=O)NC(C)C)N(Cc1ccccc1)C(=O)CCCOc1ccc(OC)cc1. The number of carbonyl (C=O) groups is 2. The van der Waals surface area contributed by atoms with Crippen LogP contribution in [0.3, 0.4) is 0 Å². The highest BCUT2D eigenvalue weighted by Gasteiger charge is 2.28. The number of nitrogens with one attached hydrogen (secondary N) is 1. The maximum atomic E-state index is 13.1. The lowest BCUT2D eigenvalue weighted by molar-refractivity contribution is -0.141. The van der Waals surface area contributed by atoms with Crippen LogP contribution in [0.15, 0.2) is 54.6 Å². The van der Waals surface area contributed by atoms with Crippen LogP contribution in [0.2, 0.25) is 0 Å². The average Bonchev–Trinajstić information content (AvgIpc) is 2.77. The first-order valence-corrected chi connectivity index (χ1v) is 10.8. The highest BCUT2D eigenvalue weighted by molar-refractivity contribution is 5.87. The van der Waals surface area contributed by atoms with Gasteiger partial charge in [-0.15, -0.1) is 0 Å². The molecule has 2 rings (SSSR count). The van der Waals surface area contributed by atoms with Crippen molar-refractivity contribution in [2.24, 2.45) is 0 Å². The summed E-state index contributed by atoms with van der Waals surface area (Å²) in [4.78, 5) is 27.5. The Hall–Kier alpha value is -3.02. The van der Waals surface area contributed by atoms with Crippen molar-refractivity contribution in [2.75, 3.05) is 13.7 Å². The van der Waals surface area contributed by atoms with Crippen molar-refractivity contribution in [1.82, 2.24) is 10.2 Å². The van der Waals surface area contributed by atoms with E-state index in [0.29, 0.717) is 32.4 Å². The van der Waals surface area contributed by atoms with Gasteiger partial charge in [-0.25, -0.2) is 0 Å². The highest BCUT2D eigenvalue weighted by Crippen LogP contribution is 2.18. The lowest BCUT2D eigenvalue weighted by Gasteiger charge is -2.31. The van der Waals surface area contributed by atoms with Crippen LogP contribution in [0.1, 0.15) is 45.6 Å². The average molecular weight is 427 g/mol.